The van der Waals surface area contributed by atoms with Gasteiger partial charge in [-0.3, -0.25) is 4.79 Å². The maximum absolute atomic E-state index is 12.5. The highest BCUT2D eigenvalue weighted by Gasteiger charge is 2.11. The van der Waals surface area contributed by atoms with E-state index < -0.39 is 0 Å². The summed E-state index contributed by atoms with van der Waals surface area (Å²) in [7, 11) is 3.26. The largest absolute Gasteiger partial charge is 0.497 e. The molecule has 0 aromatic heterocycles. The molecule has 0 amide bonds. The van der Waals surface area contributed by atoms with Crippen LogP contribution in [0.1, 0.15) is 89.2 Å². The maximum atomic E-state index is 12.5. The Morgan fingerprint density at radius 1 is 0.714 bits per heavy atom. The monoisotopic (exact) mass is 482 g/mol. The van der Waals surface area contributed by atoms with Gasteiger partial charge in [0.15, 0.2) is 11.5 Å². The zero-order valence-electron chi connectivity index (χ0n) is 21.9. The van der Waals surface area contributed by atoms with Gasteiger partial charge in [0.05, 0.1) is 20.8 Å². The Labute approximate surface area is 211 Å². The van der Waals surface area contributed by atoms with Crippen molar-refractivity contribution >= 4 is 18.1 Å². The Balaban J connectivity index is 1.93. The third-order valence-electron chi connectivity index (χ3n) is 5.82. The van der Waals surface area contributed by atoms with Crippen LogP contribution < -0.4 is 18.9 Å². The minimum Gasteiger partial charge on any atom is -0.497 e. The van der Waals surface area contributed by atoms with Crippen LogP contribution in [0, 0.1) is 0 Å². The molecule has 0 radical (unpaired) electrons. The van der Waals surface area contributed by atoms with E-state index in [1.54, 1.807) is 14.2 Å². The van der Waals surface area contributed by atoms with Gasteiger partial charge in [-0.15, -0.1) is 0 Å². The lowest BCUT2D eigenvalue weighted by atomic mass is 10.1. The number of unbranched alkanes of at least 4 members (excludes halogenated alkanes) is 8. The van der Waals surface area contributed by atoms with Gasteiger partial charge in [-0.1, -0.05) is 76.5 Å². The van der Waals surface area contributed by atoms with Crippen LogP contribution in [-0.2, 0) is 4.79 Å². The van der Waals surface area contributed by atoms with Crippen molar-refractivity contribution < 1.29 is 23.7 Å². The lowest BCUT2D eigenvalue weighted by molar-refractivity contribution is -0.134. The van der Waals surface area contributed by atoms with Gasteiger partial charge < -0.3 is 18.9 Å². The summed E-state index contributed by atoms with van der Waals surface area (Å²) in [5, 5.41) is 0. The number of hydrogen-bond acceptors (Lipinski definition) is 5. The zero-order valence-corrected chi connectivity index (χ0v) is 21.9. The number of rotatable bonds is 17. The molecule has 0 aliphatic rings. The highest BCUT2D eigenvalue weighted by Crippen LogP contribution is 2.30. The van der Waals surface area contributed by atoms with E-state index in [4.69, 9.17) is 18.9 Å². The first kappa shape index (κ1) is 28.3. The Kier molecular flexibility index (Phi) is 13.4. The summed E-state index contributed by atoms with van der Waals surface area (Å²) in [5.74, 6) is 2.27. The van der Waals surface area contributed by atoms with E-state index in [1.807, 2.05) is 55.5 Å². The third kappa shape index (κ3) is 10.9. The second-order valence-corrected chi connectivity index (χ2v) is 8.67. The van der Waals surface area contributed by atoms with Gasteiger partial charge >= 0.3 is 5.97 Å². The van der Waals surface area contributed by atoms with E-state index in [-0.39, 0.29) is 5.97 Å². The summed E-state index contributed by atoms with van der Waals surface area (Å²) in [6.07, 6.45) is 15.3. The average Bonchev–Trinajstić information content (AvgIpc) is 2.87. The maximum Gasteiger partial charge on any atom is 0.311 e. The predicted molar refractivity (Wildman–Crippen MR) is 144 cm³/mol. The topological polar surface area (TPSA) is 54.0 Å². The van der Waals surface area contributed by atoms with E-state index in [0.717, 1.165) is 35.5 Å². The molecule has 0 heterocycles. The van der Waals surface area contributed by atoms with Crippen molar-refractivity contribution in [1.82, 2.24) is 0 Å². The number of hydrogen-bond donors (Lipinski definition) is 0. The molecule has 2 aromatic rings. The molecule has 0 saturated carbocycles. The molecule has 192 valence electrons. The average molecular weight is 483 g/mol. The van der Waals surface area contributed by atoms with Crippen LogP contribution in [0.4, 0.5) is 0 Å². The number of carbonyl (C=O) groups is 1. The lowest BCUT2D eigenvalue weighted by Crippen LogP contribution is -2.09. The number of methoxy groups -OCH3 is 2. The van der Waals surface area contributed by atoms with Crippen molar-refractivity contribution in [1.29, 1.82) is 0 Å². The molecule has 2 rings (SSSR count). The van der Waals surface area contributed by atoms with Gasteiger partial charge in [-0.05, 0) is 48.7 Å². The Bertz CT molecular complexity index is 897. The number of ether oxygens (including phenoxy) is 4. The van der Waals surface area contributed by atoms with Crippen LogP contribution in [0.3, 0.4) is 0 Å². The molecular formula is C30H42O5. The molecule has 5 heteroatoms. The molecule has 5 nitrogen and oxygen atoms in total. The first-order chi connectivity index (χ1) is 17.1. The fraction of sp³-hybridized carbons (Fsp3) is 0.500. The van der Waals surface area contributed by atoms with Crippen LogP contribution in [0.15, 0.2) is 36.4 Å². The molecule has 0 N–H and O–H groups in total. The molecule has 2 aromatic carbocycles. The van der Waals surface area contributed by atoms with Crippen molar-refractivity contribution in [3.63, 3.8) is 0 Å². The Hall–Kier alpha value is -2.95. The summed E-state index contributed by atoms with van der Waals surface area (Å²) < 4.78 is 22.1. The molecule has 0 aliphatic carbocycles. The van der Waals surface area contributed by atoms with Crippen LogP contribution in [0.2, 0.25) is 0 Å². The molecule has 0 fully saturated rings. The van der Waals surface area contributed by atoms with E-state index in [0.29, 0.717) is 24.5 Å². The minimum absolute atomic E-state index is 0.215. The highest BCUT2D eigenvalue weighted by atomic mass is 16.6. The normalized spacial score (nSPS) is 11.0. The quantitative estimate of drug-likeness (QED) is 0.0986. The molecule has 0 bridgehead atoms. The third-order valence-corrected chi connectivity index (χ3v) is 5.82. The van der Waals surface area contributed by atoms with Crippen molar-refractivity contribution in [2.24, 2.45) is 0 Å². The standard InChI is InChI=1S/C30H42O5/c1-5-7-8-9-10-11-12-13-14-15-30(31)35-29-22-24(18-19-28(29)34-6-2)16-17-25-20-26(32-3)23-27(21-25)33-4/h16-23H,5-15H2,1-4H3/b17-16-. The number of carbonyl (C=O) groups excluding carboxylic acids is 1. The fourth-order valence-electron chi connectivity index (χ4n) is 3.85. The SMILES string of the molecule is CCCCCCCCCCCC(=O)Oc1cc(/C=C\c2cc(OC)cc(OC)c2)ccc1OCC. The van der Waals surface area contributed by atoms with Crippen LogP contribution in [0.25, 0.3) is 12.2 Å². The van der Waals surface area contributed by atoms with Crippen LogP contribution in [-0.4, -0.2) is 26.8 Å². The van der Waals surface area contributed by atoms with E-state index in [1.165, 1.54) is 44.9 Å². The summed E-state index contributed by atoms with van der Waals surface area (Å²) in [6.45, 7) is 4.66. The predicted octanol–water partition coefficient (Wildman–Crippen LogP) is 8.10. The fourth-order valence-corrected chi connectivity index (χ4v) is 3.85. The number of esters is 1. The van der Waals surface area contributed by atoms with E-state index >= 15 is 0 Å². The molecule has 0 atom stereocenters. The van der Waals surface area contributed by atoms with Crippen molar-refractivity contribution in [3.05, 3.63) is 47.5 Å². The van der Waals surface area contributed by atoms with Crippen molar-refractivity contribution in [3.8, 4) is 23.0 Å². The molecule has 0 saturated heterocycles. The minimum atomic E-state index is -0.215. The van der Waals surface area contributed by atoms with Gasteiger partial charge in [0.2, 0.25) is 0 Å². The Morgan fingerprint density at radius 2 is 1.31 bits per heavy atom. The smallest absolute Gasteiger partial charge is 0.311 e. The second-order valence-electron chi connectivity index (χ2n) is 8.67. The van der Waals surface area contributed by atoms with Crippen molar-refractivity contribution in [2.75, 3.05) is 20.8 Å². The van der Waals surface area contributed by atoms with Gasteiger partial charge in [0.1, 0.15) is 11.5 Å². The van der Waals surface area contributed by atoms with E-state index in [9.17, 15) is 4.79 Å². The molecular weight excluding hydrogens is 440 g/mol. The Morgan fingerprint density at radius 3 is 1.91 bits per heavy atom. The van der Waals surface area contributed by atoms with Gasteiger partial charge in [0, 0.05) is 12.5 Å². The summed E-state index contributed by atoms with van der Waals surface area (Å²) >= 11 is 0. The summed E-state index contributed by atoms with van der Waals surface area (Å²) in [6, 6.07) is 11.3. The van der Waals surface area contributed by atoms with Crippen LogP contribution in [0.5, 0.6) is 23.0 Å². The zero-order chi connectivity index (χ0) is 25.3. The van der Waals surface area contributed by atoms with Crippen LogP contribution >= 0.6 is 0 Å². The molecule has 35 heavy (non-hydrogen) atoms. The van der Waals surface area contributed by atoms with Gasteiger partial charge in [-0.2, -0.15) is 0 Å². The lowest BCUT2D eigenvalue weighted by Gasteiger charge is -2.11. The van der Waals surface area contributed by atoms with Gasteiger partial charge in [0.25, 0.3) is 0 Å². The first-order valence-corrected chi connectivity index (χ1v) is 13.0. The highest BCUT2D eigenvalue weighted by molar-refractivity contribution is 5.75. The number of benzene rings is 2. The van der Waals surface area contributed by atoms with E-state index in [2.05, 4.69) is 6.92 Å². The van der Waals surface area contributed by atoms with Crippen molar-refractivity contribution in [2.45, 2.75) is 78.1 Å². The second kappa shape index (κ2) is 16.6. The summed E-state index contributed by atoms with van der Waals surface area (Å²) in [4.78, 5) is 12.5. The molecule has 0 aliphatic heterocycles. The molecule has 0 unspecified atom stereocenters. The summed E-state index contributed by atoms with van der Waals surface area (Å²) in [5.41, 5.74) is 1.85. The molecule has 0 spiro atoms. The van der Waals surface area contributed by atoms with Gasteiger partial charge in [-0.25, -0.2) is 0 Å². The first-order valence-electron chi connectivity index (χ1n) is 13.0.